The summed E-state index contributed by atoms with van der Waals surface area (Å²) in [5.74, 6) is 0. The Bertz CT molecular complexity index is 535. The van der Waals surface area contributed by atoms with E-state index in [-0.39, 0.29) is 6.61 Å². The number of β-amino-alcohol motifs (C(OH)–C–C–N with tert-alkyl or cyclic N) is 1. The third-order valence-electron chi connectivity index (χ3n) is 3.98. The SMILES string of the molecule is C/C(=C\c1cccc(C(F)(F)F)c1)CN1CCN(CCO)CC1. The average Bonchev–Trinajstić information content (AvgIpc) is 2.49. The number of alkyl halides is 3. The minimum atomic E-state index is -4.30. The van der Waals surface area contributed by atoms with Crippen molar-refractivity contribution in [3.8, 4) is 0 Å². The monoisotopic (exact) mass is 328 g/mol. The number of hydrogen-bond donors (Lipinski definition) is 1. The molecule has 0 aromatic heterocycles. The summed E-state index contributed by atoms with van der Waals surface area (Å²) in [6.07, 6.45) is -2.49. The van der Waals surface area contributed by atoms with Gasteiger partial charge in [-0.3, -0.25) is 9.80 Å². The molecule has 3 nitrogen and oxygen atoms in total. The van der Waals surface area contributed by atoms with Gasteiger partial charge < -0.3 is 5.11 Å². The Labute approximate surface area is 135 Å². The van der Waals surface area contributed by atoms with Crippen LogP contribution in [-0.2, 0) is 6.18 Å². The highest BCUT2D eigenvalue weighted by Gasteiger charge is 2.30. The molecule has 128 valence electrons. The zero-order valence-electron chi connectivity index (χ0n) is 13.3. The van der Waals surface area contributed by atoms with E-state index >= 15 is 0 Å². The third-order valence-corrected chi connectivity index (χ3v) is 3.98. The van der Waals surface area contributed by atoms with Crippen LogP contribution in [0.5, 0.6) is 0 Å². The number of nitrogens with zero attached hydrogens (tertiary/aromatic N) is 2. The molecule has 1 aliphatic heterocycles. The topological polar surface area (TPSA) is 26.7 Å². The normalized spacial score (nSPS) is 18.4. The summed E-state index contributed by atoms with van der Waals surface area (Å²) < 4.78 is 38.2. The van der Waals surface area contributed by atoms with Gasteiger partial charge in [0.2, 0.25) is 0 Å². The van der Waals surface area contributed by atoms with E-state index in [9.17, 15) is 13.2 Å². The van der Waals surface area contributed by atoms with Gasteiger partial charge in [-0.05, 0) is 24.6 Å². The van der Waals surface area contributed by atoms with Crippen molar-refractivity contribution >= 4 is 6.08 Å². The molecule has 0 radical (unpaired) electrons. The Balaban J connectivity index is 1.93. The van der Waals surface area contributed by atoms with Crippen molar-refractivity contribution in [2.75, 3.05) is 45.9 Å². The first-order chi connectivity index (χ1) is 10.9. The minimum Gasteiger partial charge on any atom is -0.395 e. The fourth-order valence-corrected chi connectivity index (χ4v) is 2.80. The van der Waals surface area contributed by atoms with Crippen molar-refractivity contribution in [1.29, 1.82) is 0 Å². The molecule has 1 aliphatic rings. The van der Waals surface area contributed by atoms with Gasteiger partial charge in [0.25, 0.3) is 0 Å². The number of rotatable bonds is 5. The van der Waals surface area contributed by atoms with E-state index in [1.54, 1.807) is 6.07 Å². The van der Waals surface area contributed by atoms with Crippen LogP contribution in [0.1, 0.15) is 18.1 Å². The van der Waals surface area contributed by atoms with Crippen molar-refractivity contribution in [2.24, 2.45) is 0 Å². The lowest BCUT2D eigenvalue weighted by Gasteiger charge is -2.34. The number of piperazine rings is 1. The number of hydrogen-bond acceptors (Lipinski definition) is 3. The zero-order chi connectivity index (χ0) is 16.9. The Hall–Kier alpha value is -1.37. The average molecular weight is 328 g/mol. The molecule has 1 saturated heterocycles. The maximum Gasteiger partial charge on any atom is 0.416 e. The largest absolute Gasteiger partial charge is 0.416 e. The standard InChI is InChI=1S/C17H23F3N2O/c1-14(13-22-7-5-21(6-8-22)9-10-23)11-15-3-2-4-16(12-15)17(18,19)20/h2-4,11-12,23H,5-10,13H2,1H3/b14-11+. The highest BCUT2D eigenvalue weighted by atomic mass is 19.4. The predicted molar refractivity (Wildman–Crippen MR) is 85.1 cm³/mol. The van der Waals surface area contributed by atoms with Crippen LogP contribution in [0.2, 0.25) is 0 Å². The van der Waals surface area contributed by atoms with Gasteiger partial charge in [0.1, 0.15) is 0 Å². The number of halogens is 3. The summed E-state index contributed by atoms with van der Waals surface area (Å²) in [6, 6.07) is 5.41. The fraction of sp³-hybridized carbons (Fsp3) is 0.529. The molecule has 0 amide bonds. The molecule has 1 aromatic rings. The van der Waals surface area contributed by atoms with Crippen LogP contribution in [0.4, 0.5) is 13.2 Å². The highest BCUT2D eigenvalue weighted by molar-refractivity contribution is 5.54. The lowest BCUT2D eigenvalue weighted by Crippen LogP contribution is -2.47. The van der Waals surface area contributed by atoms with E-state index in [0.717, 1.165) is 44.4 Å². The van der Waals surface area contributed by atoms with Gasteiger partial charge in [-0.2, -0.15) is 13.2 Å². The van der Waals surface area contributed by atoms with E-state index < -0.39 is 11.7 Å². The summed E-state index contributed by atoms with van der Waals surface area (Å²) in [6.45, 7) is 7.22. The number of aliphatic hydroxyl groups excluding tert-OH is 1. The zero-order valence-corrected chi connectivity index (χ0v) is 13.3. The number of aliphatic hydroxyl groups is 1. The molecule has 1 aromatic carbocycles. The second-order valence-corrected chi connectivity index (χ2v) is 5.96. The molecule has 23 heavy (non-hydrogen) atoms. The summed E-state index contributed by atoms with van der Waals surface area (Å²) >= 11 is 0. The van der Waals surface area contributed by atoms with Crippen LogP contribution in [-0.4, -0.2) is 60.8 Å². The first-order valence-corrected chi connectivity index (χ1v) is 7.78. The highest BCUT2D eigenvalue weighted by Crippen LogP contribution is 2.29. The molecule has 1 heterocycles. The molecule has 2 rings (SSSR count). The van der Waals surface area contributed by atoms with Gasteiger partial charge in [0, 0.05) is 39.3 Å². The predicted octanol–water partition coefficient (Wildman–Crippen LogP) is 2.72. The quantitative estimate of drug-likeness (QED) is 0.900. The second kappa shape index (κ2) is 7.95. The van der Waals surface area contributed by atoms with E-state index in [1.807, 2.05) is 13.0 Å². The Kier molecular flexibility index (Phi) is 6.21. The van der Waals surface area contributed by atoms with Gasteiger partial charge in [-0.15, -0.1) is 0 Å². The minimum absolute atomic E-state index is 0.175. The van der Waals surface area contributed by atoms with Crippen LogP contribution >= 0.6 is 0 Å². The summed E-state index contributed by atoms with van der Waals surface area (Å²) in [5.41, 5.74) is 1.01. The molecule has 6 heteroatoms. The van der Waals surface area contributed by atoms with Gasteiger partial charge in [-0.1, -0.05) is 23.8 Å². The maximum atomic E-state index is 12.7. The van der Waals surface area contributed by atoms with Crippen LogP contribution in [0.15, 0.2) is 29.8 Å². The number of benzene rings is 1. The molecular weight excluding hydrogens is 305 g/mol. The lowest BCUT2D eigenvalue weighted by molar-refractivity contribution is -0.137. The first-order valence-electron chi connectivity index (χ1n) is 7.78. The maximum absolute atomic E-state index is 12.7. The second-order valence-electron chi connectivity index (χ2n) is 5.96. The summed E-state index contributed by atoms with van der Waals surface area (Å²) in [7, 11) is 0. The molecule has 0 saturated carbocycles. The Morgan fingerprint density at radius 2 is 1.83 bits per heavy atom. The van der Waals surface area contributed by atoms with E-state index in [1.165, 1.54) is 12.1 Å². The van der Waals surface area contributed by atoms with Crippen LogP contribution < -0.4 is 0 Å². The smallest absolute Gasteiger partial charge is 0.395 e. The fourth-order valence-electron chi connectivity index (χ4n) is 2.80. The molecule has 0 aliphatic carbocycles. The first kappa shape index (κ1) is 18.0. The van der Waals surface area contributed by atoms with Crippen LogP contribution in [0, 0.1) is 0 Å². The molecule has 1 N–H and O–H groups in total. The van der Waals surface area contributed by atoms with Crippen LogP contribution in [0.25, 0.3) is 6.08 Å². The van der Waals surface area contributed by atoms with E-state index in [0.29, 0.717) is 12.1 Å². The molecule has 0 unspecified atom stereocenters. The molecule has 1 fully saturated rings. The molecule has 0 bridgehead atoms. The molecule has 0 spiro atoms. The van der Waals surface area contributed by atoms with E-state index in [2.05, 4.69) is 9.80 Å². The van der Waals surface area contributed by atoms with Crippen LogP contribution in [0.3, 0.4) is 0 Å². The summed E-state index contributed by atoms with van der Waals surface area (Å²) in [5, 5.41) is 8.93. The third kappa shape index (κ3) is 5.64. The molecular formula is C17H23F3N2O. The Morgan fingerprint density at radius 3 is 2.43 bits per heavy atom. The van der Waals surface area contributed by atoms with Crippen molar-refractivity contribution in [3.05, 3.63) is 41.0 Å². The summed E-state index contributed by atoms with van der Waals surface area (Å²) in [4.78, 5) is 4.50. The molecule has 0 atom stereocenters. The van der Waals surface area contributed by atoms with Crippen molar-refractivity contribution in [3.63, 3.8) is 0 Å². The van der Waals surface area contributed by atoms with Crippen molar-refractivity contribution < 1.29 is 18.3 Å². The van der Waals surface area contributed by atoms with Crippen molar-refractivity contribution in [2.45, 2.75) is 13.1 Å². The van der Waals surface area contributed by atoms with Gasteiger partial charge >= 0.3 is 6.18 Å². The van der Waals surface area contributed by atoms with Gasteiger partial charge in [0.15, 0.2) is 0 Å². The van der Waals surface area contributed by atoms with Crippen molar-refractivity contribution in [1.82, 2.24) is 9.80 Å². The Morgan fingerprint density at radius 1 is 1.17 bits per heavy atom. The van der Waals surface area contributed by atoms with Gasteiger partial charge in [0.05, 0.1) is 12.2 Å². The van der Waals surface area contributed by atoms with Gasteiger partial charge in [-0.25, -0.2) is 0 Å². The van der Waals surface area contributed by atoms with E-state index in [4.69, 9.17) is 5.11 Å². The lowest BCUT2D eigenvalue weighted by atomic mass is 10.1.